The lowest BCUT2D eigenvalue weighted by molar-refractivity contribution is 0.565. The van der Waals surface area contributed by atoms with E-state index in [-0.39, 0.29) is 12.1 Å². The number of hydrogen-bond acceptors (Lipinski definition) is 2. The molecule has 1 aliphatic rings. The lowest BCUT2D eigenvalue weighted by atomic mass is 9.96. The van der Waals surface area contributed by atoms with Gasteiger partial charge in [0.2, 0.25) is 0 Å². The molecular formula is C32H30N4S. The standard InChI is InChI=1S/C32H30N4S/c1-20-16-21(2)18-25(17-20)36-31(30(34-32(36)37)28-13-7-8-15-33-28)27-19-22(3)35(23(27)4)29-14-9-11-24-10-5-6-12-26(24)29/h5-19,30-31H,1-4H3,(H,34,37)/t30-,31-/m1/s1. The van der Waals surface area contributed by atoms with Gasteiger partial charge in [0.25, 0.3) is 0 Å². The van der Waals surface area contributed by atoms with E-state index in [0.717, 1.165) is 16.5 Å². The molecule has 4 nitrogen and oxygen atoms in total. The normalized spacial score (nSPS) is 17.4. The van der Waals surface area contributed by atoms with Crippen LogP contribution >= 0.6 is 12.2 Å². The van der Waals surface area contributed by atoms with Gasteiger partial charge in [-0.05, 0) is 98.4 Å². The molecule has 0 spiro atoms. The third kappa shape index (κ3) is 4.00. The Morgan fingerprint density at radius 2 is 1.54 bits per heavy atom. The molecule has 37 heavy (non-hydrogen) atoms. The monoisotopic (exact) mass is 502 g/mol. The molecule has 184 valence electrons. The van der Waals surface area contributed by atoms with Crippen LogP contribution < -0.4 is 10.2 Å². The van der Waals surface area contributed by atoms with Crippen LogP contribution in [0.1, 0.15) is 45.9 Å². The van der Waals surface area contributed by atoms with Gasteiger partial charge in [0.15, 0.2) is 5.11 Å². The molecule has 0 bridgehead atoms. The van der Waals surface area contributed by atoms with Crippen LogP contribution in [0.3, 0.4) is 0 Å². The molecule has 1 N–H and O–H groups in total. The maximum atomic E-state index is 5.98. The Hall–Kier alpha value is -3.96. The maximum Gasteiger partial charge on any atom is 0.174 e. The number of rotatable bonds is 4. The van der Waals surface area contributed by atoms with Crippen molar-refractivity contribution in [2.45, 2.75) is 39.8 Å². The lowest BCUT2D eigenvalue weighted by Crippen LogP contribution is -2.29. The third-order valence-electron chi connectivity index (χ3n) is 7.38. The fraction of sp³-hybridized carbons (Fsp3) is 0.188. The molecule has 0 unspecified atom stereocenters. The number of hydrogen-bond donors (Lipinski definition) is 1. The van der Waals surface area contributed by atoms with E-state index in [9.17, 15) is 0 Å². The fourth-order valence-corrected chi connectivity index (χ4v) is 6.25. The Labute approximate surface area is 223 Å². The summed E-state index contributed by atoms with van der Waals surface area (Å²) in [5.41, 5.74) is 9.37. The van der Waals surface area contributed by atoms with Crippen LogP contribution in [0.15, 0.2) is 91.1 Å². The van der Waals surface area contributed by atoms with Crippen LogP contribution in [0, 0.1) is 27.7 Å². The summed E-state index contributed by atoms with van der Waals surface area (Å²) in [6.45, 7) is 8.69. The summed E-state index contributed by atoms with van der Waals surface area (Å²) in [6.07, 6.45) is 1.86. The number of nitrogens with zero attached hydrogens (tertiary/aromatic N) is 3. The van der Waals surface area contributed by atoms with Crippen LogP contribution in [-0.2, 0) is 0 Å². The summed E-state index contributed by atoms with van der Waals surface area (Å²) in [5.74, 6) is 0. The number of nitrogens with one attached hydrogen (secondary N) is 1. The average molecular weight is 503 g/mol. The molecule has 2 atom stereocenters. The van der Waals surface area contributed by atoms with Crippen molar-refractivity contribution in [2.24, 2.45) is 0 Å². The maximum absolute atomic E-state index is 5.98. The van der Waals surface area contributed by atoms with E-state index in [4.69, 9.17) is 17.2 Å². The second-order valence-corrected chi connectivity index (χ2v) is 10.4. The molecule has 6 rings (SSSR count). The van der Waals surface area contributed by atoms with E-state index in [0.29, 0.717) is 0 Å². The SMILES string of the molecule is Cc1cc(C)cc(N2C(=S)N[C@H](c3ccccn3)[C@H]2c2cc(C)n(-c3cccc4ccccc34)c2C)c1. The Morgan fingerprint density at radius 1 is 0.811 bits per heavy atom. The number of aryl methyl sites for hydroxylation is 3. The molecule has 0 radical (unpaired) electrons. The van der Waals surface area contributed by atoms with Gasteiger partial charge >= 0.3 is 0 Å². The van der Waals surface area contributed by atoms with Crippen molar-refractivity contribution in [3.63, 3.8) is 0 Å². The van der Waals surface area contributed by atoms with E-state index in [2.05, 4.69) is 115 Å². The summed E-state index contributed by atoms with van der Waals surface area (Å²) in [5, 5.41) is 6.82. The van der Waals surface area contributed by atoms with Crippen molar-refractivity contribution in [1.29, 1.82) is 0 Å². The first-order valence-electron chi connectivity index (χ1n) is 12.7. The highest BCUT2D eigenvalue weighted by molar-refractivity contribution is 7.80. The van der Waals surface area contributed by atoms with Crippen molar-refractivity contribution in [1.82, 2.24) is 14.9 Å². The van der Waals surface area contributed by atoms with Crippen LogP contribution in [0.25, 0.3) is 16.5 Å². The summed E-state index contributed by atoms with van der Waals surface area (Å²) in [7, 11) is 0. The van der Waals surface area contributed by atoms with Gasteiger partial charge in [-0.2, -0.15) is 0 Å². The van der Waals surface area contributed by atoms with E-state index in [1.54, 1.807) is 0 Å². The van der Waals surface area contributed by atoms with Gasteiger partial charge in [-0.1, -0.05) is 48.5 Å². The van der Waals surface area contributed by atoms with Crippen LogP contribution in [0.5, 0.6) is 0 Å². The van der Waals surface area contributed by atoms with Crippen LogP contribution in [0.2, 0.25) is 0 Å². The molecule has 3 heterocycles. The van der Waals surface area contributed by atoms with Gasteiger partial charge in [-0.25, -0.2) is 0 Å². The van der Waals surface area contributed by atoms with Crippen LogP contribution in [-0.4, -0.2) is 14.7 Å². The number of anilines is 1. The molecule has 0 saturated carbocycles. The molecule has 5 aromatic rings. The topological polar surface area (TPSA) is 33.1 Å². The quantitative estimate of drug-likeness (QED) is 0.259. The minimum Gasteiger partial charge on any atom is -0.351 e. The number of thiocarbonyl (C=S) groups is 1. The summed E-state index contributed by atoms with van der Waals surface area (Å²) >= 11 is 5.98. The molecule has 0 aliphatic carbocycles. The molecular weight excluding hydrogens is 472 g/mol. The van der Waals surface area contributed by atoms with Gasteiger partial charge in [0.1, 0.15) is 0 Å². The molecule has 1 fully saturated rings. The molecule has 1 saturated heterocycles. The Kier molecular flexibility index (Phi) is 5.81. The van der Waals surface area contributed by atoms with Gasteiger partial charge < -0.3 is 14.8 Å². The van der Waals surface area contributed by atoms with E-state index >= 15 is 0 Å². The summed E-state index contributed by atoms with van der Waals surface area (Å²) in [6, 6.07) is 30.0. The Bertz CT molecular complexity index is 1610. The predicted molar refractivity (Wildman–Crippen MR) is 157 cm³/mol. The first-order valence-corrected chi connectivity index (χ1v) is 13.1. The van der Waals surface area contributed by atoms with Gasteiger partial charge in [0, 0.05) is 28.7 Å². The first-order chi connectivity index (χ1) is 17.9. The zero-order valence-electron chi connectivity index (χ0n) is 21.6. The third-order valence-corrected chi connectivity index (χ3v) is 7.69. The molecule has 0 amide bonds. The second kappa shape index (κ2) is 9.16. The van der Waals surface area contributed by atoms with Gasteiger partial charge in [0.05, 0.1) is 23.5 Å². The lowest BCUT2D eigenvalue weighted by Gasteiger charge is -2.29. The Balaban J connectivity index is 1.56. The Morgan fingerprint density at radius 3 is 2.30 bits per heavy atom. The van der Waals surface area contributed by atoms with Gasteiger partial charge in [-0.15, -0.1) is 0 Å². The summed E-state index contributed by atoms with van der Waals surface area (Å²) < 4.78 is 2.38. The molecule has 2 aromatic heterocycles. The first kappa shape index (κ1) is 23.4. The zero-order valence-corrected chi connectivity index (χ0v) is 22.4. The highest BCUT2D eigenvalue weighted by Crippen LogP contribution is 2.44. The average Bonchev–Trinajstić information content (AvgIpc) is 3.38. The van der Waals surface area contributed by atoms with Gasteiger partial charge in [-0.3, -0.25) is 4.98 Å². The van der Waals surface area contributed by atoms with E-state index < -0.39 is 0 Å². The van der Waals surface area contributed by atoms with Crippen LogP contribution in [0.4, 0.5) is 5.69 Å². The van der Waals surface area contributed by atoms with Crippen molar-refractivity contribution in [3.05, 3.63) is 125 Å². The van der Waals surface area contributed by atoms with Crippen molar-refractivity contribution >= 4 is 33.8 Å². The number of pyridine rings is 1. The van der Waals surface area contributed by atoms with E-state index in [1.165, 1.54) is 44.5 Å². The molecule has 5 heteroatoms. The number of aromatic nitrogens is 2. The van der Waals surface area contributed by atoms with Crippen molar-refractivity contribution in [3.8, 4) is 5.69 Å². The predicted octanol–water partition coefficient (Wildman–Crippen LogP) is 7.44. The van der Waals surface area contributed by atoms with Crippen molar-refractivity contribution in [2.75, 3.05) is 4.90 Å². The minimum atomic E-state index is -0.0732. The number of fused-ring (bicyclic) bond motifs is 1. The zero-order chi connectivity index (χ0) is 25.7. The van der Waals surface area contributed by atoms with E-state index in [1.807, 2.05) is 18.3 Å². The van der Waals surface area contributed by atoms with Crippen molar-refractivity contribution < 1.29 is 0 Å². The smallest absolute Gasteiger partial charge is 0.174 e. The highest BCUT2D eigenvalue weighted by Gasteiger charge is 2.42. The largest absolute Gasteiger partial charge is 0.351 e. The molecule has 1 aliphatic heterocycles. The number of benzene rings is 3. The molecule has 3 aromatic carbocycles. The summed E-state index contributed by atoms with van der Waals surface area (Å²) in [4.78, 5) is 7.02. The fourth-order valence-electron chi connectivity index (χ4n) is 5.90. The highest BCUT2D eigenvalue weighted by atomic mass is 32.1. The second-order valence-electron chi connectivity index (χ2n) is 10.0. The minimum absolute atomic E-state index is 0.0430.